The highest BCUT2D eigenvalue weighted by atomic mass is 19.3. The average Bonchev–Trinajstić information content (AvgIpc) is 2.74. The summed E-state index contributed by atoms with van der Waals surface area (Å²) in [4.78, 5) is 24.3. The van der Waals surface area contributed by atoms with Gasteiger partial charge in [0.15, 0.2) is 0 Å². The van der Waals surface area contributed by atoms with Crippen molar-refractivity contribution in [3.63, 3.8) is 0 Å². The molecule has 0 aliphatic rings. The van der Waals surface area contributed by atoms with Gasteiger partial charge in [-0.3, -0.25) is 4.79 Å². The molecular formula is C22H19F2N3O3. The van der Waals surface area contributed by atoms with Crippen molar-refractivity contribution < 1.29 is 23.1 Å². The van der Waals surface area contributed by atoms with Crippen LogP contribution in [0.2, 0.25) is 0 Å². The topological polar surface area (TPSA) is 79.5 Å². The van der Waals surface area contributed by atoms with Gasteiger partial charge < -0.3 is 20.7 Å². The van der Waals surface area contributed by atoms with Crippen molar-refractivity contribution in [2.45, 2.75) is 13.2 Å². The number of amides is 3. The Bertz CT molecular complexity index is 979. The van der Waals surface area contributed by atoms with Gasteiger partial charge in [-0.05, 0) is 54.1 Å². The van der Waals surface area contributed by atoms with Gasteiger partial charge in [-0.1, -0.05) is 30.3 Å². The summed E-state index contributed by atoms with van der Waals surface area (Å²) in [5.74, 6) is -0.248. The van der Waals surface area contributed by atoms with E-state index in [9.17, 15) is 18.4 Å². The minimum Gasteiger partial charge on any atom is -0.435 e. The molecule has 0 radical (unpaired) electrons. The molecule has 154 valence electrons. The number of nitrogens with one attached hydrogen (secondary N) is 3. The molecule has 0 aliphatic carbocycles. The van der Waals surface area contributed by atoms with Crippen LogP contribution in [0.15, 0.2) is 78.9 Å². The van der Waals surface area contributed by atoms with Crippen LogP contribution in [0.25, 0.3) is 0 Å². The molecule has 8 heteroatoms. The zero-order valence-corrected chi connectivity index (χ0v) is 15.8. The molecule has 0 fully saturated rings. The fourth-order valence-electron chi connectivity index (χ4n) is 2.59. The number of para-hydroxylation sites is 1. The number of urea groups is 1. The Hall–Kier alpha value is -3.94. The van der Waals surface area contributed by atoms with Crippen molar-refractivity contribution in [3.8, 4) is 5.75 Å². The quantitative estimate of drug-likeness (QED) is 0.519. The van der Waals surface area contributed by atoms with Gasteiger partial charge in [0.05, 0.1) is 0 Å². The summed E-state index contributed by atoms with van der Waals surface area (Å²) < 4.78 is 28.6. The maximum atomic E-state index is 12.3. The lowest BCUT2D eigenvalue weighted by Gasteiger charge is -2.09. The number of benzene rings is 3. The maximum Gasteiger partial charge on any atom is 0.387 e. The number of carbonyl (C=O) groups excluding carboxylic acids is 2. The van der Waals surface area contributed by atoms with Gasteiger partial charge in [0.1, 0.15) is 5.75 Å². The largest absolute Gasteiger partial charge is 0.435 e. The Balaban J connectivity index is 1.49. The predicted molar refractivity (Wildman–Crippen MR) is 110 cm³/mol. The molecule has 0 saturated heterocycles. The molecule has 0 aromatic heterocycles. The molecule has 3 rings (SSSR count). The number of alkyl halides is 2. The number of rotatable bonds is 7. The second kappa shape index (κ2) is 10.0. The van der Waals surface area contributed by atoms with Crippen molar-refractivity contribution in [3.05, 3.63) is 90.0 Å². The van der Waals surface area contributed by atoms with E-state index in [0.717, 1.165) is 5.56 Å². The van der Waals surface area contributed by atoms with E-state index in [0.29, 0.717) is 16.9 Å². The zero-order valence-electron chi connectivity index (χ0n) is 15.8. The van der Waals surface area contributed by atoms with E-state index in [1.165, 1.54) is 12.1 Å². The fourth-order valence-corrected chi connectivity index (χ4v) is 2.59. The zero-order chi connectivity index (χ0) is 21.3. The van der Waals surface area contributed by atoms with Crippen molar-refractivity contribution in [1.82, 2.24) is 5.32 Å². The van der Waals surface area contributed by atoms with E-state index in [4.69, 9.17) is 0 Å². The van der Waals surface area contributed by atoms with Crippen LogP contribution in [-0.2, 0) is 6.54 Å². The van der Waals surface area contributed by atoms with Crippen LogP contribution in [0.5, 0.6) is 5.75 Å². The minimum atomic E-state index is -2.88. The third-order valence-corrected chi connectivity index (χ3v) is 4.04. The van der Waals surface area contributed by atoms with Gasteiger partial charge in [0, 0.05) is 23.5 Å². The summed E-state index contributed by atoms with van der Waals surface area (Å²) in [6.07, 6.45) is 0. The standard InChI is InChI=1S/C22H19F2N3O3/c23-21(24)30-19-12-6-15(7-13-19)14-25-20(28)16-8-10-18(11-9-16)27-22(29)26-17-4-2-1-3-5-17/h1-13,21H,14H2,(H,25,28)(H2,26,27,29). The van der Waals surface area contributed by atoms with Crippen LogP contribution in [0.3, 0.4) is 0 Å². The molecule has 0 bridgehead atoms. The number of halogens is 2. The van der Waals surface area contributed by atoms with E-state index < -0.39 is 12.6 Å². The molecule has 0 saturated carbocycles. The number of carbonyl (C=O) groups is 2. The monoisotopic (exact) mass is 411 g/mol. The predicted octanol–water partition coefficient (Wildman–Crippen LogP) is 4.86. The molecule has 30 heavy (non-hydrogen) atoms. The normalized spacial score (nSPS) is 10.4. The lowest BCUT2D eigenvalue weighted by atomic mass is 10.1. The second-order valence-electron chi connectivity index (χ2n) is 6.23. The Kier molecular flexibility index (Phi) is 6.94. The summed E-state index contributed by atoms with van der Waals surface area (Å²) in [5, 5.41) is 8.13. The lowest BCUT2D eigenvalue weighted by Crippen LogP contribution is -2.23. The van der Waals surface area contributed by atoms with Crippen molar-refractivity contribution in [1.29, 1.82) is 0 Å². The van der Waals surface area contributed by atoms with E-state index in [2.05, 4.69) is 20.7 Å². The van der Waals surface area contributed by atoms with Gasteiger partial charge >= 0.3 is 12.6 Å². The number of anilines is 2. The lowest BCUT2D eigenvalue weighted by molar-refractivity contribution is -0.0498. The van der Waals surface area contributed by atoms with Crippen LogP contribution < -0.4 is 20.7 Å². The molecular weight excluding hydrogens is 392 g/mol. The van der Waals surface area contributed by atoms with Crippen LogP contribution in [-0.4, -0.2) is 18.5 Å². The van der Waals surface area contributed by atoms with Gasteiger partial charge in [0.25, 0.3) is 5.91 Å². The van der Waals surface area contributed by atoms with Gasteiger partial charge in [-0.15, -0.1) is 0 Å². The highest BCUT2D eigenvalue weighted by Gasteiger charge is 2.08. The Morgan fingerprint density at radius 2 is 1.40 bits per heavy atom. The minimum absolute atomic E-state index is 0.0551. The molecule has 3 N–H and O–H groups in total. The molecule has 0 unspecified atom stereocenters. The van der Waals surface area contributed by atoms with E-state index in [1.807, 2.05) is 18.2 Å². The van der Waals surface area contributed by atoms with Crippen LogP contribution in [0, 0.1) is 0 Å². The number of hydrogen-bond acceptors (Lipinski definition) is 3. The molecule has 3 amide bonds. The Morgan fingerprint density at radius 3 is 2.00 bits per heavy atom. The first kappa shape index (κ1) is 20.8. The number of ether oxygens (including phenoxy) is 1. The van der Waals surface area contributed by atoms with Crippen LogP contribution >= 0.6 is 0 Å². The Morgan fingerprint density at radius 1 is 0.800 bits per heavy atom. The summed E-state index contributed by atoms with van der Waals surface area (Å²) in [5.41, 5.74) is 2.36. The molecule has 0 spiro atoms. The van der Waals surface area contributed by atoms with E-state index in [-0.39, 0.29) is 18.2 Å². The van der Waals surface area contributed by atoms with E-state index >= 15 is 0 Å². The molecule has 0 heterocycles. The van der Waals surface area contributed by atoms with Gasteiger partial charge in [-0.2, -0.15) is 8.78 Å². The molecule has 0 atom stereocenters. The van der Waals surface area contributed by atoms with Gasteiger partial charge in [0.2, 0.25) is 0 Å². The summed E-state index contributed by atoms with van der Waals surface area (Å²) in [6, 6.07) is 21.1. The third kappa shape index (κ3) is 6.30. The molecule has 0 aliphatic heterocycles. The second-order valence-corrected chi connectivity index (χ2v) is 6.23. The smallest absolute Gasteiger partial charge is 0.387 e. The highest BCUT2D eigenvalue weighted by molar-refractivity contribution is 6.00. The van der Waals surface area contributed by atoms with Crippen LogP contribution in [0.4, 0.5) is 25.0 Å². The fraction of sp³-hybridized carbons (Fsp3) is 0.0909. The summed E-state index contributed by atoms with van der Waals surface area (Å²) >= 11 is 0. The Labute approximate surface area is 171 Å². The first-order chi connectivity index (χ1) is 14.5. The first-order valence-corrected chi connectivity index (χ1v) is 9.05. The summed E-state index contributed by atoms with van der Waals surface area (Å²) in [7, 11) is 0. The highest BCUT2D eigenvalue weighted by Crippen LogP contribution is 2.15. The SMILES string of the molecule is O=C(Nc1ccccc1)Nc1ccc(C(=O)NCc2ccc(OC(F)F)cc2)cc1. The molecule has 3 aromatic carbocycles. The summed E-state index contributed by atoms with van der Waals surface area (Å²) in [6.45, 7) is -2.65. The van der Waals surface area contributed by atoms with Gasteiger partial charge in [-0.25, -0.2) is 4.79 Å². The first-order valence-electron chi connectivity index (χ1n) is 9.05. The molecule has 6 nitrogen and oxygen atoms in total. The van der Waals surface area contributed by atoms with Crippen molar-refractivity contribution in [2.24, 2.45) is 0 Å². The maximum absolute atomic E-state index is 12.3. The average molecular weight is 411 g/mol. The van der Waals surface area contributed by atoms with Crippen LogP contribution in [0.1, 0.15) is 15.9 Å². The third-order valence-electron chi connectivity index (χ3n) is 4.04. The van der Waals surface area contributed by atoms with Crippen molar-refractivity contribution >= 4 is 23.3 Å². The number of hydrogen-bond donors (Lipinski definition) is 3. The van der Waals surface area contributed by atoms with Crippen molar-refractivity contribution in [2.75, 3.05) is 10.6 Å². The molecule has 3 aromatic rings. The van der Waals surface area contributed by atoms with E-state index in [1.54, 1.807) is 48.5 Å².